The molecule has 94 valence electrons. The summed E-state index contributed by atoms with van der Waals surface area (Å²) < 4.78 is 28.1. The summed E-state index contributed by atoms with van der Waals surface area (Å²) in [7, 11) is 0.575. The van der Waals surface area contributed by atoms with Crippen molar-refractivity contribution in [1.29, 1.82) is 0 Å². The van der Waals surface area contributed by atoms with Crippen LogP contribution in [-0.2, 0) is 16.5 Å². The van der Waals surface area contributed by atoms with Crippen molar-refractivity contribution in [2.45, 2.75) is 19.4 Å². The van der Waals surface area contributed by atoms with Gasteiger partial charge in [-0.1, -0.05) is 0 Å². The first-order valence-corrected chi connectivity index (χ1v) is 7.86. The van der Waals surface area contributed by atoms with Crippen LogP contribution in [0, 0.1) is 5.82 Å². The second-order valence-corrected chi connectivity index (χ2v) is 8.03. The highest BCUT2D eigenvalue weighted by atomic mass is 79.9. The molecule has 0 N–H and O–H groups in total. The lowest BCUT2D eigenvalue weighted by Gasteiger charge is -2.33. The summed E-state index contributed by atoms with van der Waals surface area (Å²) in [5.74, 6) is 0.688. The molecule has 0 amide bonds. The van der Waals surface area contributed by atoms with E-state index in [1.807, 2.05) is 6.92 Å². The van der Waals surface area contributed by atoms with Crippen LogP contribution in [0.3, 0.4) is 0 Å². The molecule has 2 atom stereocenters. The average Bonchev–Trinajstić information content (AvgIpc) is 2.55. The van der Waals surface area contributed by atoms with Gasteiger partial charge in [0.1, 0.15) is 28.2 Å². The molecule has 2 unspecified atom stereocenters. The van der Waals surface area contributed by atoms with Gasteiger partial charge in [0.2, 0.25) is 0 Å². The largest absolute Gasteiger partial charge is 0.283 e. The zero-order valence-corrected chi connectivity index (χ0v) is 12.9. The van der Waals surface area contributed by atoms with Gasteiger partial charge < -0.3 is 0 Å². The lowest BCUT2D eigenvalue weighted by molar-refractivity contribution is 0.495. The predicted molar refractivity (Wildman–Crippen MR) is 73.2 cm³/mol. The fraction of sp³-hybridized carbons (Fsp3) is 0.500. The van der Waals surface area contributed by atoms with Crippen LogP contribution >= 0.6 is 27.3 Å². The summed E-state index contributed by atoms with van der Waals surface area (Å²) >= 11 is 4.57. The molecule has 1 aliphatic heterocycles. The van der Waals surface area contributed by atoms with Crippen LogP contribution in [0.2, 0.25) is 0 Å². The third kappa shape index (κ3) is 2.32. The van der Waals surface area contributed by atoms with Gasteiger partial charge in [0.15, 0.2) is 0 Å². The van der Waals surface area contributed by atoms with E-state index in [9.17, 15) is 8.60 Å². The van der Waals surface area contributed by atoms with Crippen LogP contribution < -0.4 is 0 Å². The number of aliphatic imine (C=N–C) groups is 1. The van der Waals surface area contributed by atoms with Gasteiger partial charge in [-0.15, -0.1) is 11.3 Å². The summed E-state index contributed by atoms with van der Waals surface area (Å²) in [5, 5.41) is 0. The van der Waals surface area contributed by atoms with Gasteiger partial charge in [-0.3, -0.25) is 9.30 Å². The van der Waals surface area contributed by atoms with Crippen LogP contribution in [-0.4, -0.2) is 27.2 Å². The van der Waals surface area contributed by atoms with Crippen LogP contribution in [0.5, 0.6) is 0 Å². The number of hydrogen-bond acceptors (Lipinski definition) is 3. The Kier molecular flexibility index (Phi) is 3.44. The fourth-order valence-electron chi connectivity index (χ4n) is 1.77. The van der Waals surface area contributed by atoms with Crippen LogP contribution in [0.15, 0.2) is 14.8 Å². The molecule has 0 saturated carbocycles. The highest BCUT2D eigenvalue weighted by Gasteiger charge is 2.38. The van der Waals surface area contributed by atoms with Gasteiger partial charge in [0.25, 0.3) is 0 Å². The van der Waals surface area contributed by atoms with Crippen molar-refractivity contribution in [2.24, 2.45) is 4.99 Å². The Morgan fingerprint density at radius 3 is 2.82 bits per heavy atom. The Morgan fingerprint density at radius 2 is 2.35 bits per heavy atom. The minimum atomic E-state index is -1.16. The molecule has 0 bridgehead atoms. The van der Waals surface area contributed by atoms with E-state index < -0.39 is 16.5 Å². The monoisotopic (exact) mass is 338 g/mol. The van der Waals surface area contributed by atoms with Gasteiger partial charge in [0.05, 0.1) is 14.4 Å². The van der Waals surface area contributed by atoms with E-state index in [1.165, 1.54) is 17.4 Å². The summed E-state index contributed by atoms with van der Waals surface area (Å²) in [6.07, 6.45) is 0. The Hall–Kier alpha value is -0.270. The lowest BCUT2D eigenvalue weighted by Crippen LogP contribution is -2.42. The Balaban J connectivity index is 2.51. The summed E-state index contributed by atoms with van der Waals surface area (Å²) in [6, 6.07) is 1.43. The molecule has 1 aliphatic rings. The zero-order valence-electron chi connectivity index (χ0n) is 9.66. The van der Waals surface area contributed by atoms with E-state index in [0.717, 1.165) is 3.79 Å². The highest BCUT2D eigenvalue weighted by Crippen LogP contribution is 2.39. The lowest BCUT2D eigenvalue weighted by atomic mass is 10.0. The summed E-state index contributed by atoms with van der Waals surface area (Å²) in [5.41, 5.74) is -0.734. The van der Waals surface area contributed by atoms with E-state index in [4.69, 9.17) is 0 Å². The van der Waals surface area contributed by atoms with Gasteiger partial charge >= 0.3 is 0 Å². The molecule has 1 aromatic rings. The first-order chi connectivity index (χ1) is 7.83. The normalized spacial score (nSPS) is 29.4. The van der Waals surface area contributed by atoms with Gasteiger partial charge in [-0.2, -0.15) is 0 Å². The molecule has 2 rings (SSSR count). The van der Waals surface area contributed by atoms with E-state index in [1.54, 1.807) is 18.3 Å². The van der Waals surface area contributed by atoms with Gasteiger partial charge in [-0.25, -0.2) is 8.60 Å². The van der Waals surface area contributed by atoms with Gasteiger partial charge in [0, 0.05) is 7.05 Å². The van der Waals surface area contributed by atoms with Crippen molar-refractivity contribution in [2.75, 3.05) is 12.8 Å². The Bertz CT molecular complexity index is 516. The molecule has 0 radical (unpaired) electrons. The molecule has 7 heteroatoms. The molecular formula is C10H12BrFN2OS2. The molecule has 0 aliphatic carbocycles. The molecule has 17 heavy (non-hydrogen) atoms. The molecule has 0 spiro atoms. The maximum atomic E-state index is 13.8. The van der Waals surface area contributed by atoms with E-state index in [-0.39, 0.29) is 5.82 Å². The summed E-state index contributed by atoms with van der Waals surface area (Å²) in [6.45, 7) is 3.61. The fourth-order valence-corrected chi connectivity index (χ4v) is 4.62. The number of amidine groups is 1. The smallest absolute Gasteiger partial charge is 0.140 e. The van der Waals surface area contributed by atoms with E-state index in [0.29, 0.717) is 16.5 Å². The standard InChI is InChI=1S/C10H12BrFN2OS2/c1-6-13-10(2,5-17(15)14(6)3)9-7(12)4-8(11)16-9/h4H,5H2,1-3H3. The molecule has 1 aromatic heterocycles. The first kappa shape index (κ1) is 13.2. The van der Waals surface area contributed by atoms with Crippen LogP contribution in [0.25, 0.3) is 0 Å². The van der Waals surface area contributed by atoms with Gasteiger partial charge in [-0.05, 0) is 35.8 Å². The minimum Gasteiger partial charge on any atom is -0.283 e. The van der Waals surface area contributed by atoms with Crippen molar-refractivity contribution >= 4 is 44.1 Å². The number of thiophene rings is 1. The average molecular weight is 339 g/mol. The number of halogens is 2. The second-order valence-electron chi connectivity index (χ2n) is 4.12. The predicted octanol–water partition coefficient (Wildman–Crippen LogP) is 2.89. The minimum absolute atomic E-state index is 0.289. The van der Waals surface area contributed by atoms with Crippen molar-refractivity contribution in [1.82, 2.24) is 4.31 Å². The third-order valence-electron chi connectivity index (χ3n) is 2.72. The zero-order chi connectivity index (χ0) is 12.8. The molecule has 0 fully saturated rings. The first-order valence-electron chi connectivity index (χ1n) is 4.97. The SMILES string of the molecule is CC1=NC(C)(c2sc(Br)cc2F)CS(=O)N1C. The second kappa shape index (κ2) is 4.44. The van der Waals surface area contributed by atoms with Crippen LogP contribution in [0.1, 0.15) is 18.7 Å². The molecule has 0 saturated heterocycles. The van der Waals surface area contributed by atoms with Crippen molar-refractivity contribution in [3.8, 4) is 0 Å². The Labute approximate surface area is 114 Å². The maximum absolute atomic E-state index is 13.8. The number of nitrogens with zero attached hydrogens (tertiary/aromatic N) is 2. The maximum Gasteiger partial charge on any atom is 0.140 e. The molecule has 2 heterocycles. The Morgan fingerprint density at radius 1 is 1.71 bits per heavy atom. The molecular weight excluding hydrogens is 327 g/mol. The highest BCUT2D eigenvalue weighted by molar-refractivity contribution is 9.11. The van der Waals surface area contributed by atoms with Crippen molar-refractivity contribution in [3.63, 3.8) is 0 Å². The number of rotatable bonds is 1. The van der Waals surface area contributed by atoms with Crippen LogP contribution in [0.4, 0.5) is 4.39 Å². The quantitative estimate of drug-likeness (QED) is 0.774. The number of hydrogen-bond donors (Lipinski definition) is 0. The van der Waals surface area contributed by atoms with E-state index in [2.05, 4.69) is 20.9 Å². The summed E-state index contributed by atoms with van der Waals surface area (Å²) in [4.78, 5) is 5.02. The topological polar surface area (TPSA) is 32.7 Å². The van der Waals surface area contributed by atoms with Crippen molar-refractivity contribution in [3.05, 3.63) is 20.5 Å². The van der Waals surface area contributed by atoms with E-state index >= 15 is 0 Å². The molecule has 3 nitrogen and oxygen atoms in total. The van der Waals surface area contributed by atoms with Crippen molar-refractivity contribution < 1.29 is 8.60 Å². The third-order valence-corrected chi connectivity index (χ3v) is 6.27. The molecule has 0 aromatic carbocycles.